The van der Waals surface area contributed by atoms with Gasteiger partial charge in [0.25, 0.3) is 0 Å². The Balaban J connectivity index is 1.66. The summed E-state index contributed by atoms with van der Waals surface area (Å²) in [7, 11) is 0. The van der Waals surface area contributed by atoms with Gasteiger partial charge in [-0.1, -0.05) is 30.3 Å². The molecule has 2 nitrogen and oxygen atoms in total. The fourth-order valence-corrected chi connectivity index (χ4v) is 2.89. The van der Waals surface area contributed by atoms with Gasteiger partial charge in [-0.05, 0) is 60.2 Å². The maximum Gasteiger partial charge on any atom is 0.119 e. The summed E-state index contributed by atoms with van der Waals surface area (Å²) in [6, 6.07) is 15.2. The van der Waals surface area contributed by atoms with E-state index in [9.17, 15) is 0 Å². The van der Waals surface area contributed by atoms with Crippen LogP contribution in [0.25, 0.3) is 11.1 Å². The van der Waals surface area contributed by atoms with Crippen molar-refractivity contribution in [1.82, 2.24) is 5.32 Å². The van der Waals surface area contributed by atoms with Gasteiger partial charge >= 0.3 is 0 Å². The lowest BCUT2D eigenvalue weighted by Gasteiger charge is -2.20. The molecule has 2 aromatic rings. The van der Waals surface area contributed by atoms with Gasteiger partial charge in [0.1, 0.15) is 5.75 Å². The standard InChI is InChI=1S/C18H19NO/c1-2-14-12-19-11-10-18(14)17(3-1)13-4-6-15(7-5-13)20-16-8-9-16/h1-7,16,19H,8-12H2. The summed E-state index contributed by atoms with van der Waals surface area (Å²) in [5.74, 6) is 1.00. The van der Waals surface area contributed by atoms with Crippen LogP contribution in [-0.2, 0) is 13.0 Å². The molecular weight excluding hydrogens is 246 g/mol. The molecule has 1 aliphatic heterocycles. The predicted molar refractivity (Wildman–Crippen MR) is 80.9 cm³/mol. The van der Waals surface area contributed by atoms with E-state index in [-0.39, 0.29) is 0 Å². The molecule has 0 unspecified atom stereocenters. The molecule has 4 rings (SSSR count). The van der Waals surface area contributed by atoms with Crippen LogP contribution in [0, 0.1) is 0 Å². The first-order valence-corrected chi connectivity index (χ1v) is 7.49. The highest BCUT2D eigenvalue weighted by Gasteiger charge is 2.23. The Morgan fingerprint density at radius 2 is 1.85 bits per heavy atom. The molecular formula is C18H19NO. The minimum absolute atomic E-state index is 0.469. The fourth-order valence-electron chi connectivity index (χ4n) is 2.89. The smallest absolute Gasteiger partial charge is 0.119 e. The van der Waals surface area contributed by atoms with E-state index in [1.165, 1.54) is 35.1 Å². The Labute approximate surface area is 119 Å². The van der Waals surface area contributed by atoms with Crippen LogP contribution in [0.3, 0.4) is 0 Å². The molecule has 1 fully saturated rings. The van der Waals surface area contributed by atoms with E-state index in [0.29, 0.717) is 6.10 Å². The highest BCUT2D eigenvalue weighted by atomic mass is 16.5. The van der Waals surface area contributed by atoms with Crippen molar-refractivity contribution in [2.24, 2.45) is 0 Å². The zero-order valence-corrected chi connectivity index (χ0v) is 11.6. The number of ether oxygens (including phenoxy) is 1. The van der Waals surface area contributed by atoms with Crippen molar-refractivity contribution in [3.63, 3.8) is 0 Å². The molecule has 102 valence electrons. The number of benzene rings is 2. The molecule has 2 aromatic carbocycles. The van der Waals surface area contributed by atoms with Crippen LogP contribution in [0.5, 0.6) is 5.75 Å². The molecule has 0 saturated heterocycles. The van der Waals surface area contributed by atoms with E-state index in [4.69, 9.17) is 4.74 Å². The van der Waals surface area contributed by atoms with Crippen LogP contribution < -0.4 is 10.1 Å². The van der Waals surface area contributed by atoms with Gasteiger partial charge in [0.15, 0.2) is 0 Å². The number of hydrogen-bond acceptors (Lipinski definition) is 2. The van der Waals surface area contributed by atoms with E-state index in [2.05, 4.69) is 47.8 Å². The van der Waals surface area contributed by atoms with Crippen LogP contribution in [0.1, 0.15) is 24.0 Å². The second-order valence-electron chi connectivity index (χ2n) is 5.71. The Morgan fingerprint density at radius 1 is 1.00 bits per heavy atom. The molecule has 0 bridgehead atoms. The summed E-state index contributed by atoms with van der Waals surface area (Å²) >= 11 is 0. The second kappa shape index (κ2) is 4.95. The molecule has 0 amide bonds. The molecule has 20 heavy (non-hydrogen) atoms. The van der Waals surface area contributed by atoms with E-state index in [0.717, 1.165) is 25.3 Å². The number of nitrogens with one attached hydrogen (secondary N) is 1. The van der Waals surface area contributed by atoms with E-state index in [1.54, 1.807) is 0 Å². The van der Waals surface area contributed by atoms with Gasteiger partial charge in [-0.25, -0.2) is 0 Å². The highest BCUT2D eigenvalue weighted by molar-refractivity contribution is 5.69. The first kappa shape index (κ1) is 12.0. The zero-order chi connectivity index (χ0) is 13.4. The van der Waals surface area contributed by atoms with Crippen LogP contribution in [0.2, 0.25) is 0 Å². The van der Waals surface area contributed by atoms with Gasteiger partial charge in [-0.2, -0.15) is 0 Å². The van der Waals surface area contributed by atoms with Gasteiger partial charge < -0.3 is 10.1 Å². The first-order chi connectivity index (χ1) is 9.90. The van der Waals surface area contributed by atoms with Gasteiger partial charge in [0.05, 0.1) is 6.10 Å². The van der Waals surface area contributed by atoms with Crippen LogP contribution in [0.4, 0.5) is 0 Å². The lowest BCUT2D eigenvalue weighted by molar-refractivity contribution is 0.303. The number of rotatable bonds is 3. The maximum atomic E-state index is 5.82. The van der Waals surface area contributed by atoms with Crippen molar-refractivity contribution in [2.75, 3.05) is 6.54 Å². The summed E-state index contributed by atoms with van der Waals surface area (Å²) in [4.78, 5) is 0. The molecule has 1 saturated carbocycles. The Kier molecular flexibility index (Phi) is 2.96. The molecule has 0 atom stereocenters. The van der Waals surface area contributed by atoms with Crippen molar-refractivity contribution >= 4 is 0 Å². The van der Waals surface area contributed by atoms with Crippen molar-refractivity contribution in [1.29, 1.82) is 0 Å². The van der Waals surface area contributed by atoms with Crippen LogP contribution in [-0.4, -0.2) is 12.6 Å². The SMILES string of the molecule is c1cc2c(c(-c3ccc(OC4CC4)cc3)c1)CCNC2. The third-order valence-corrected chi connectivity index (χ3v) is 4.13. The van der Waals surface area contributed by atoms with Crippen LogP contribution >= 0.6 is 0 Å². The van der Waals surface area contributed by atoms with Crippen molar-refractivity contribution in [2.45, 2.75) is 31.9 Å². The average Bonchev–Trinajstić information content (AvgIpc) is 3.32. The number of hydrogen-bond donors (Lipinski definition) is 1. The first-order valence-electron chi connectivity index (χ1n) is 7.49. The lowest BCUT2D eigenvalue weighted by Crippen LogP contribution is -2.23. The van der Waals surface area contributed by atoms with E-state index in [1.807, 2.05) is 0 Å². The molecule has 0 aromatic heterocycles. The summed E-state index contributed by atoms with van der Waals surface area (Å²) in [5, 5.41) is 3.44. The third-order valence-electron chi connectivity index (χ3n) is 4.13. The van der Waals surface area contributed by atoms with Crippen molar-refractivity contribution in [3.8, 4) is 16.9 Å². The minimum Gasteiger partial charge on any atom is -0.490 e. The highest BCUT2D eigenvalue weighted by Crippen LogP contribution is 2.31. The van der Waals surface area contributed by atoms with Gasteiger partial charge in [-0.3, -0.25) is 0 Å². The average molecular weight is 265 g/mol. The Bertz CT molecular complexity index is 614. The minimum atomic E-state index is 0.469. The molecule has 0 radical (unpaired) electrons. The largest absolute Gasteiger partial charge is 0.490 e. The third kappa shape index (κ3) is 2.32. The Morgan fingerprint density at radius 3 is 2.65 bits per heavy atom. The summed E-state index contributed by atoms with van der Waals surface area (Å²) < 4.78 is 5.82. The molecule has 1 aliphatic carbocycles. The normalized spacial score (nSPS) is 17.6. The lowest BCUT2D eigenvalue weighted by atomic mass is 9.91. The monoisotopic (exact) mass is 265 g/mol. The van der Waals surface area contributed by atoms with Gasteiger partial charge in [0, 0.05) is 6.54 Å². The van der Waals surface area contributed by atoms with Crippen molar-refractivity contribution < 1.29 is 4.74 Å². The van der Waals surface area contributed by atoms with E-state index >= 15 is 0 Å². The summed E-state index contributed by atoms with van der Waals surface area (Å²) in [6.07, 6.45) is 4.00. The predicted octanol–water partition coefficient (Wildman–Crippen LogP) is 3.54. The molecule has 2 aliphatic rings. The molecule has 1 N–H and O–H groups in total. The summed E-state index contributed by atoms with van der Waals surface area (Å²) in [5.41, 5.74) is 5.61. The van der Waals surface area contributed by atoms with E-state index < -0.39 is 0 Å². The molecule has 1 heterocycles. The topological polar surface area (TPSA) is 21.3 Å². The quantitative estimate of drug-likeness (QED) is 0.916. The Hall–Kier alpha value is -1.80. The number of fused-ring (bicyclic) bond motifs is 1. The molecule has 2 heteroatoms. The van der Waals surface area contributed by atoms with Crippen molar-refractivity contribution in [3.05, 3.63) is 53.6 Å². The fraction of sp³-hybridized carbons (Fsp3) is 0.333. The van der Waals surface area contributed by atoms with Gasteiger partial charge in [0.2, 0.25) is 0 Å². The van der Waals surface area contributed by atoms with Crippen LogP contribution in [0.15, 0.2) is 42.5 Å². The maximum absolute atomic E-state index is 5.82. The zero-order valence-electron chi connectivity index (χ0n) is 11.6. The summed E-state index contributed by atoms with van der Waals surface area (Å²) in [6.45, 7) is 2.07. The van der Waals surface area contributed by atoms with Gasteiger partial charge in [-0.15, -0.1) is 0 Å². The second-order valence-corrected chi connectivity index (χ2v) is 5.71. The molecule has 0 spiro atoms.